The summed E-state index contributed by atoms with van der Waals surface area (Å²) in [5.74, 6) is 0.161. The largest absolute Gasteiger partial charge is 0.339 e. The van der Waals surface area contributed by atoms with E-state index in [2.05, 4.69) is 37.4 Å². The van der Waals surface area contributed by atoms with Crippen molar-refractivity contribution >= 4 is 11.9 Å². The van der Waals surface area contributed by atoms with E-state index in [1.165, 1.54) is 11.1 Å². The summed E-state index contributed by atoms with van der Waals surface area (Å²) in [6.07, 6.45) is 0.524. The third kappa shape index (κ3) is 4.24. The number of rotatable bonds is 3. The molecule has 0 aliphatic carbocycles. The van der Waals surface area contributed by atoms with Crippen molar-refractivity contribution < 1.29 is 9.59 Å². The van der Waals surface area contributed by atoms with E-state index in [4.69, 9.17) is 0 Å². The lowest BCUT2D eigenvalue weighted by Crippen LogP contribution is -2.53. The normalized spacial score (nSPS) is 16.2. The number of amides is 3. The molecule has 1 aromatic carbocycles. The molecule has 0 spiro atoms. The molecule has 23 heavy (non-hydrogen) atoms. The Morgan fingerprint density at radius 1 is 1.13 bits per heavy atom. The Morgan fingerprint density at radius 3 is 2.35 bits per heavy atom. The maximum absolute atomic E-state index is 12.4. The second-order valence-electron chi connectivity index (χ2n) is 6.25. The van der Waals surface area contributed by atoms with Crippen LogP contribution >= 0.6 is 0 Å². The van der Waals surface area contributed by atoms with Gasteiger partial charge in [-0.15, -0.1) is 0 Å². The van der Waals surface area contributed by atoms with Gasteiger partial charge in [0.25, 0.3) is 0 Å². The Labute approximate surface area is 138 Å². The minimum Gasteiger partial charge on any atom is -0.339 e. The number of hydrogen-bond acceptors (Lipinski definition) is 2. The van der Waals surface area contributed by atoms with Crippen LogP contribution in [-0.2, 0) is 4.79 Å². The predicted molar refractivity (Wildman–Crippen MR) is 91.3 cm³/mol. The number of urea groups is 1. The maximum Gasteiger partial charge on any atom is 0.317 e. The quantitative estimate of drug-likeness (QED) is 0.932. The fourth-order valence-electron chi connectivity index (χ4n) is 2.96. The molecule has 1 saturated heterocycles. The van der Waals surface area contributed by atoms with E-state index in [0.29, 0.717) is 32.6 Å². The van der Waals surface area contributed by atoms with Crippen molar-refractivity contribution in [1.82, 2.24) is 15.1 Å². The van der Waals surface area contributed by atoms with Crippen LogP contribution in [0.3, 0.4) is 0 Å². The van der Waals surface area contributed by atoms with Crippen molar-refractivity contribution in [3.63, 3.8) is 0 Å². The minimum absolute atomic E-state index is 0.0299. The lowest BCUT2D eigenvalue weighted by molar-refractivity contribution is -0.132. The zero-order chi connectivity index (χ0) is 17.0. The van der Waals surface area contributed by atoms with Crippen molar-refractivity contribution in [3.8, 4) is 0 Å². The highest BCUT2D eigenvalue weighted by atomic mass is 16.2. The van der Waals surface area contributed by atoms with Gasteiger partial charge in [-0.3, -0.25) is 4.79 Å². The van der Waals surface area contributed by atoms with Crippen molar-refractivity contribution in [2.45, 2.75) is 40.2 Å². The van der Waals surface area contributed by atoms with Crippen LogP contribution in [-0.4, -0.2) is 47.9 Å². The van der Waals surface area contributed by atoms with Gasteiger partial charge >= 0.3 is 6.03 Å². The van der Waals surface area contributed by atoms with Gasteiger partial charge in [0.2, 0.25) is 5.91 Å². The molecule has 5 nitrogen and oxygen atoms in total. The molecule has 3 amide bonds. The van der Waals surface area contributed by atoms with Crippen LogP contribution in [0.5, 0.6) is 0 Å². The van der Waals surface area contributed by atoms with Gasteiger partial charge in [0.05, 0.1) is 6.04 Å². The van der Waals surface area contributed by atoms with Gasteiger partial charge in [0.1, 0.15) is 0 Å². The van der Waals surface area contributed by atoms with Gasteiger partial charge in [-0.25, -0.2) is 4.79 Å². The number of aryl methyl sites for hydroxylation is 2. The summed E-state index contributed by atoms with van der Waals surface area (Å²) < 4.78 is 0. The minimum atomic E-state index is -0.0537. The van der Waals surface area contributed by atoms with Crippen LogP contribution in [0.15, 0.2) is 18.2 Å². The summed E-state index contributed by atoms with van der Waals surface area (Å²) in [6.45, 7) is 10.4. The van der Waals surface area contributed by atoms with Gasteiger partial charge in [-0.05, 0) is 31.9 Å². The Balaban J connectivity index is 1.92. The second-order valence-corrected chi connectivity index (χ2v) is 6.25. The van der Waals surface area contributed by atoms with Crippen LogP contribution < -0.4 is 5.32 Å². The van der Waals surface area contributed by atoms with Crippen LogP contribution in [0.2, 0.25) is 0 Å². The topological polar surface area (TPSA) is 52.7 Å². The third-order valence-corrected chi connectivity index (χ3v) is 4.46. The number of carbonyl (C=O) groups is 2. The second kappa shape index (κ2) is 7.49. The first kappa shape index (κ1) is 17.3. The molecular weight excluding hydrogens is 290 g/mol. The number of nitrogens with one attached hydrogen (secondary N) is 1. The SMILES string of the molecule is CCC(=O)N1CCN(C(=O)N[C@H](C)c2cc(C)ccc2C)CC1. The standard InChI is InChI=1S/C18H27N3O2/c1-5-17(22)20-8-10-21(11-9-20)18(23)19-15(4)16-12-13(2)6-7-14(16)3/h6-7,12,15H,5,8-11H2,1-4H3,(H,19,23)/t15-/m1/s1. The summed E-state index contributed by atoms with van der Waals surface area (Å²) in [4.78, 5) is 27.7. The number of nitrogens with zero attached hydrogens (tertiary/aromatic N) is 2. The van der Waals surface area contributed by atoms with Crippen molar-refractivity contribution in [1.29, 1.82) is 0 Å². The Bertz CT molecular complexity index is 578. The molecular formula is C18H27N3O2. The zero-order valence-electron chi connectivity index (χ0n) is 14.6. The van der Waals surface area contributed by atoms with E-state index in [1.54, 1.807) is 4.90 Å². The third-order valence-electron chi connectivity index (χ3n) is 4.46. The van der Waals surface area contributed by atoms with E-state index in [9.17, 15) is 9.59 Å². The predicted octanol–water partition coefficient (Wildman–Crippen LogP) is 2.63. The van der Waals surface area contributed by atoms with Gasteiger partial charge in [0.15, 0.2) is 0 Å². The molecule has 0 bridgehead atoms. The van der Waals surface area contributed by atoms with Crippen LogP contribution in [0.4, 0.5) is 4.79 Å². The average Bonchev–Trinajstić information content (AvgIpc) is 2.56. The first-order chi connectivity index (χ1) is 10.9. The summed E-state index contributed by atoms with van der Waals surface area (Å²) in [5.41, 5.74) is 3.53. The molecule has 0 radical (unpaired) electrons. The number of piperazine rings is 1. The Kier molecular flexibility index (Phi) is 5.64. The van der Waals surface area contributed by atoms with Crippen molar-refractivity contribution in [2.24, 2.45) is 0 Å². The lowest BCUT2D eigenvalue weighted by Gasteiger charge is -2.35. The molecule has 0 saturated carbocycles. The van der Waals surface area contributed by atoms with Gasteiger partial charge in [-0.2, -0.15) is 0 Å². The van der Waals surface area contributed by atoms with Crippen molar-refractivity contribution in [2.75, 3.05) is 26.2 Å². The molecule has 126 valence electrons. The summed E-state index contributed by atoms with van der Waals surface area (Å²) in [7, 11) is 0. The highest BCUT2D eigenvalue weighted by Crippen LogP contribution is 2.19. The average molecular weight is 317 g/mol. The molecule has 0 unspecified atom stereocenters. The van der Waals surface area contributed by atoms with E-state index in [1.807, 2.05) is 18.7 Å². The highest BCUT2D eigenvalue weighted by molar-refractivity contribution is 5.77. The molecule has 2 rings (SSSR count). The van der Waals surface area contributed by atoms with E-state index >= 15 is 0 Å². The summed E-state index contributed by atoms with van der Waals surface area (Å²) in [6, 6.07) is 6.21. The fraction of sp³-hybridized carbons (Fsp3) is 0.556. The van der Waals surface area contributed by atoms with Gasteiger partial charge in [0, 0.05) is 32.6 Å². The van der Waals surface area contributed by atoms with E-state index in [0.717, 1.165) is 5.56 Å². The first-order valence-electron chi connectivity index (χ1n) is 8.32. The van der Waals surface area contributed by atoms with Crippen LogP contribution in [0, 0.1) is 13.8 Å². The highest BCUT2D eigenvalue weighted by Gasteiger charge is 2.24. The van der Waals surface area contributed by atoms with Gasteiger partial charge < -0.3 is 15.1 Å². The smallest absolute Gasteiger partial charge is 0.317 e. The monoisotopic (exact) mass is 317 g/mol. The van der Waals surface area contributed by atoms with E-state index in [-0.39, 0.29) is 18.0 Å². The fourth-order valence-corrected chi connectivity index (χ4v) is 2.96. The number of hydrogen-bond donors (Lipinski definition) is 1. The number of carbonyl (C=O) groups excluding carboxylic acids is 2. The molecule has 0 aromatic heterocycles. The summed E-state index contributed by atoms with van der Waals surface area (Å²) >= 11 is 0. The van der Waals surface area contributed by atoms with E-state index < -0.39 is 0 Å². The maximum atomic E-state index is 12.4. The summed E-state index contributed by atoms with van der Waals surface area (Å²) in [5, 5.41) is 3.08. The molecule has 1 aliphatic heterocycles. The molecule has 1 aromatic rings. The molecule has 5 heteroatoms. The Hall–Kier alpha value is -2.04. The Morgan fingerprint density at radius 2 is 1.74 bits per heavy atom. The van der Waals surface area contributed by atoms with Crippen molar-refractivity contribution in [3.05, 3.63) is 34.9 Å². The lowest BCUT2D eigenvalue weighted by atomic mass is 10.00. The number of benzene rings is 1. The molecule has 1 heterocycles. The van der Waals surface area contributed by atoms with Gasteiger partial charge in [-0.1, -0.05) is 30.7 Å². The molecule has 1 fully saturated rings. The zero-order valence-corrected chi connectivity index (χ0v) is 14.6. The molecule has 1 atom stereocenters. The molecule has 1 aliphatic rings. The van der Waals surface area contributed by atoms with Crippen LogP contribution in [0.1, 0.15) is 43.0 Å². The first-order valence-corrected chi connectivity index (χ1v) is 8.32. The van der Waals surface area contributed by atoms with Crippen LogP contribution in [0.25, 0.3) is 0 Å². The molecule has 1 N–H and O–H groups in total.